The van der Waals surface area contributed by atoms with Crippen LogP contribution in [0.2, 0.25) is 0 Å². The third-order valence-electron chi connectivity index (χ3n) is 7.81. The maximum atomic E-state index is 11.7. The number of benzene rings is 1. The fourth-order valence-electron chi connectivity index (χ4n) is 5.64. The smallest absolute Gasteiger partial charge is 0.156 e. The molecule has 1 fully saturated rings. The highest BCUT2D eigenvalue weighted by molar-refractivity contribution is 5.98. The van der Waals surface area contributed by atoms with Gasteiger partial charge in [-0.3, -0.25) is 9.20 Å². The van der Waals surface area contributed by atoms with Crippen molar-refractivity contribution >= 4 is 17.0 Å². The summed E-state index contributed by atoms with van der Waals surface area (Å²) in [5.74, 6) is 2.59. The van der Waals surface area contributed by atoms with Gasteiger partial charge in [-0.2, -0.15) is 0 Å². The molecule has 2 aliphatic carbocycles. The van der Waals surface area contributed by atoms with E-state index in [2.05, 4.69) is 65.7 Å². The van der Waals surface area contributed by atoms with Crippen molar-refractivity contribution in [2.45, 2.75) is 65.2 Å². The lowest BCUT2D eigenvalue weighted by atomic mass is 9.75. The summed E-state index contributed by atoms with van der Waals surface area (Å²) in [6.07, 6.45) is 15.0. The molecule has 5 rings (SSSR count). The van der Waals surface area contributed by atoms with E-state index in [1.54, 1.807) is 6.92 Å². The van der Waals surface area contributed by atoms with Gasteiger partial charge < -0.3 is 0 Å². The molecule has 0 amide bonds. The van der Waals surface area contributed by atoms with Gasteiger partial charge in [0.1, 0.15) is 5.65 Å². The van der Waals surface area contributed by atoms with E-state index in [0.29, 0.717) is 6.42 Å². The van der Waals surface area contributed by atoms with Crippen LogP contribution in [-0.4, -0.2) is 15.2 Å². The normalized spacial score (nSPS) is 20.8. The van der Waals surface area contributed by atoms with Gasteiger partial charge in [0.05, 0.1) is 5.69 Å². The number of allylic oxidation sites excluding steroid dienone is 4. The second-order valence-electron chi connectivity index (χ2n) is 10.2. The topological polar surface area (TPSA) is 34.4 Å². The number of imidazole rings is 1. The molecule has 2 heterocycles. The van der Waals surface area contributed by atoms with Crippen molar-refractivity contribution in [3.05, 3.63) is 88.9 Å². The molecule has 0 saturated heterocycles. The summed E-state index contributed by atoms with van der Waals surface area (Å²) in [6, 6.07) is 13.7. The van der Waals surface area contributed by atoms with Gasteiger partial charge in [0.15, 0.2) is 5.78 Å². The highest BCUT2D eigenvalue weighted by atomic mass is 16.1. The Balaban J connectivity index is 1.32. The van der Waals surface area contributed by atoms with Crippen LogP contribution in [0.15, 0.2) is 66.5 Å². The molecule has 2 aromatic heterocycles. The first-order valence-electron chi connectivity index (χ1n) is 12.5. The van der Waals surface area contributed by atoms with Gasteiger partial charge >= 0.3 is 0 Å². The molecule has 0 N–H and O–H groups in total. The average molecular weight is 439 g/mol. The van der Waals surface area contributed by atoms with Gasteiger partial charge in [-0.25, -0.2) is 4.98 Å². The Morgan fingerprint density at radius 2 is 1.82 bits per heavy atom. The van der Waals surface area contributed by atoms with Crippen LogP contribution in [0.4, 0.5) is 0 Å². The van der Waals surface area contributed by atoms with Crippen LogP contribution >= 0.6 is 0 Å². The number of carbonyl (C=O) groups excluding carboxylic acids is 1. The van der Waals surface area contributed by atoms with Gasteiger partial charge in [0.25, 0.3) is 0 Å². The Bertz CT molecular complexity index is 1220. The minimum atomic E-state index is 0.149. The van der Waals surface area contributed by atoms with E-state index >= 15 is 0 Å². The second-order valence-corrected chi connectivity index (χ2v) is 10.2. The molecule has 170 valence electrons. The number of ketones is 1. The zero-order valence-corrected chi connectivity index (χ0v) is 20.1. The molecular weight excluding hydrogens is 404 g/mol. The third-order valence-corrected chi connectivity index (χ3v) is 7.81. The fraction of sp³-hybridized carbons (Fsp3) is 0.400. The van der Waals surface area contributed by atoms with Crippen molar-refractivity contribution in [1.82, 2.24) is 9.38 Å². The molecule has 3 aromatic rings. The van der Waals surface area contributed by atoms with Crippen molar-refractivity contribution in [3.8, 4) is 0 Å². The molecule has 1 aromatic carbocycles. The number of aromatic nitrogens is 2. The molecule has 0 aliphatic heterocycles. The Hall–Kier alpha value is -2.94. The van der Waals surface area contributed by atoms with E-state index in [1.165, 1.54) is 42.4 Å². The Kier molecular flexibility index (Phi) is 6.05. The van der Waals surface area contributed by atoms with E-state index in [0.717, 1.165) is 46.7 Å². The van der Waals surface area contributed by atoms with Gasteiger partial charge in [-0.15, -0.1) is 0 Å². The number of Topliss-reactive ketones (excluding diaryl/α,β-unsaturated/α-hetero) is 1. The molecule has 2 aliphatic rings. The van der Waals surface area contributed by atoms with Crippen LogP contribution in [0.1, 0.15) is 81.2 Å². The highest BCUT2D eigenvalue weighted by Gasteiger charge is 2.24. The van der Waals surface area contributed by atoms with Crippen LogP contribution in [0.25, 0.3) is 11.2 Å². The lowest BCUT2D eigenvalue weighted by Crippen LogP contribution is -2.17. The maximum absolute atomic E-state index is 11.7. The first kappa shape index (κ1) is 21.9. The predicted octanol–water partition coefficient (Wildman–Crippen LogP) is 7.16. The first-order valence-corrected chi connectivity index (χ1v) is 12.5. The van der Waals surface area contributed by atoms with Crippen LogP contribution < -0.4 is 0 Å². The molecule has 33 heavy (non-hydrogen) atoms. The lowest BCUT2D eigenvalue weighted by Gasteiger charge is -2.31. The van der Waals surface area contributed by atoms with Gasteiger partial charge in [-0.05, 0) is 96.8 Å². The van der Waals surface area contributed by atoms with Crippen molar-refractivity contribution in [1.29, 1.82) is 0 Å². The van der Waals surface area contributed by atoms with Crippen LogP contribution in [-0.2, 0) is 11.2 Å². The molecule has 3 heteroatoms. The summed E-state index contributed by atoms with van der Waals surface area (Å²) >= 11 is 0. The van der Waals surface area contributed by atoms with E-state index in [4.69, 9.17) is 0 Å². The predicted molar refractivity (Wildman–Crippen MR) is 135 cm³/mol. The minimum absolute atomic E-state index is 0.149. The largest absolute Gasteiger partial charge is 0.299 e. The average Bonchev–Trinajstić information content (AvgIpc) is 3.51. The summed E-state index contributed by atoms with van der Waals surface area (Å²) in [6.45, 7) is 6.38. The maximum Gasteiger partial charge on any atom is 0.156 e. The van der Waals surface area contributed by atoms with E-state index in [-0.39, 0.29) is 5.78 Å². The van der Waals surface area contributed by atoms with Crippen molar-refractivity contribution in [3.63, 3.8) is 0 Å². The number of fused-ring (bicyclic) bond motifs is 1. The van der Waals surface area contributed by atoms with Crippen LogP contribution in [0.5, 0.6) is 0 Å². The molecule has 0 atom stereocenters. The molecule has 0 radical (unpaired) electrons. The number of carbonyl (C=O) groups is 1. The number of nitrogens with zero attached hydrogens (tertiary/aromatic N) is 2. The van der Waals surface area contributed by atoms with Gasteiger partial charge in [0.2, 0.25) is 0 Å². The van der Waals surface area contributed by atoms with Crippen molar-refractivity contribution in [2.24, 2.45) is 11.8 Å². The zero-order valence-electron chi connectivity index (χ0n) is 20.1. The number of hydrogen-bond donors (Lipinski definition) is 0. The molecule has 0 bridgehead atoms. The molecule has 0 spiro atoms. The lowest BCUT2D eigenvalue weighted by molar-refractivity contribution is -0.113. The van der Waals surface area contributed by atoms with E-state index in [9.17, 15) is 4.79 Å². The summed E-state index contributed by atoms with van der Waals surface area (Å²) in [4.78, 5) is 16.4. The first-order chi connectivity index (χ1) is 16.0. The van der Waals surface area contributed by atoms with Crippen LogP contribution in [0, 0.1) is 11.8 Å². The van der Waals surface area contributed by atoms with E-state index < -0.39 is 0 Å². The quantitative estimate of drug-likeness (QED) is 0.409. The highest BCUT2D eigenvalue weighted by Crippen LogP contribution is 2.38. The Morgan fingerprint density at radius 1 is 1.06 bits per heavy atom. The monoisotopic (exact) mass is 438 g/mol. The summed E-state index contributed by atoms with van der Waals surface area (Å²) in [5, 5.41) is 0. The SMILES string of the molecule is CC(=O)C1=CC(c2ccc(Cc3ccc(C4CCC(C(C)C)CC4)cc3)c3nccn23)=CC1. The molecule has 3 nitrogen and oxygen atoms in total. The zero-order chi connectivity index (χ0) is 22.9. The van der Waals surface area contributed by atoms with E-state index in [1.807, 2.05) is 18.5 Å². The molecule has 1 saturated carbocycles. The summed E-state index contributed by atoms with van der Waals surface area (Å²) in [5.41, 5.74) is 8.12. The molecular formula is C30H34N2O. The number of pyridine rings is 1. The molecule has 0 unspecified atom stereocenters. The fourth-order valence-corrected chi connectivity index (χ4v) is 5.64. The second kappa shape index (κ2) is 9.13. The summed E-state index contributed by atoms with van der Waals surface area (Å²) < 4.78 is 2.16. The van der Waals surface area contributed by atoms with Gasteiger partial charge in [0, 0.05) is 18.8 Å². The number of hydrogen-bond acceptors (Lipinski definition) is 2. The Labute approximate surface area is 197 Å². The summed E-state index contributed by atoms with van der Waals surface area (Å²) in [7, 11) is 0. The number of rotatable bonds is 6. The van der Waals surface area contributed by atoms with Gasteiger partial charge in [-0.1, -0.05) is 50.3 Å². The third kappa shape index (κ3) is 4.46. The Morgan fingerprint density at radius 3 is 2.48 bits per heavy atom. The van der Waals surface area contributed by atoms with Crippen molar-refractivity contribution < 1.29 is 4.79 Å². The standard InChI is InChI=1S/C30H34N2O/c1-20(2)23-8-10-25(11-9-23)24-6-4-22(5-7-24)18-28-14-15-29(32-17-16-31-30(28)32)27-13-12-26(19-27)21(3)33/h4-7,13-17,19-20,23,25H,8-12,18H2,1-3H3. The van der Waals surface area contributed by atoms with Crippen LogP contribution in [0.3, 0.4) is 0 Å². The minimum Gasteiger partial charge on any atom is -0.299 e. The van der Waals surface area contributed by atoms with Crippen molar-refractivity contribution in [2.75, 3.05) is 0 Å².